The average molecular weight is 189 g/mol. The predicted octanol–water partition coefficient (Wildman–Crippen LogP) is 0.988. The number of hydrogen-bond acceptors (Lipinski definition) is 4. The van der Waals surface area contributed by atoms with Crippen LogP contribution < -0.4 is 4.74 Å². The minimum absolute atomic E-state index is 0.558. The van der Waals surface area contributed by atoms with Crippen LogP contribution in [0.1, 0.15) is 0 Å². The van der Waals surface area contributed by atoms with Crippen molar-refractivity contribution in [2.45, 2.75) is 0 Å². The molecule has 0 spiro atoms. The molecule has 0 aliphatic carbocycles. The summed E-state index contributed by atoms with van der Waals surface area (Å²) in [5.74, 6) is 1.36. The molecule has 0 amide bonds. The fourth-order valence-electron chi connectivity index (χ4n) is 1.10. The first-order valence-corrected chi connectivity index (χ1v) is 4.05. The van der Waals surface area contributed by atoms with Crippen LogP contribution in [0.5, 0.6) is 5.75 Å². The summed E-state index contributed by atoms with van der Waals surface area (Å²) in [6.45, 7) is 0. The Kier molecular flexibility index (Phi) is 2.14. The van der Waals surface area contributed by atoms with Gasteiger partial charge in [0.05, 0.1) is 14.2 Å². The molecule has 14 heavy (non-hydrogen) atoms. The largest absolute Gasteiger partial charge is 0.497 e. The zero-order valence-electron chi connectivity index (χ0n) is 7.71. The van der Waals surface area contributed by atoms with Crippen molar-refractivity contribution in [1.82, 2.24) is 20.2 Å². The van der Waals surface area contributed by atoms with Crippen LogP contribution in [0.3, 0.4) is 0 Å². The molecule has 0 fully saturated rings. The average Bonchev–Trinajstić information content (AvgIpc) is 2.65. The van der Waals surface area contributed by atoms with Crippen LogP contribution in [-0.4, -0.2) is 27.3 Å². The molecule has 0 unspecified atom stereocenters. The second-order valence-corrected chi connectivity index (χ2v) is 2.71. The summed E-state index contributed by atoms with van der Waals surface area (Å²) in [5.41, 5.74) is 0.890. The second kappa shape index (κ2) is 3.45. The van der Waals surface area contributed by atoms with E-state index in [1.165, 1.54) is 4.80 Å². The quantitative estimate of drug-likeness (QED) is 0.706. The molecule has 0 atom stereocenters. The van der Waals surface area contributed by atoms with E-state index in [-0.39, 0.29) is 0 Å². The van der Waals surface area contributed by atoms with Crippen molar-refractivity contribution in [2.24, 2.45) is 0 Å². The molecule has 71 valence electrons. The van der Waals surface area contributed by atoms with Crippen molar-refractivity contribution in [1.29, 1.82) is 0 Å². The lowest BCUT2D eigenvalue weighted by Gasteiger charge is -1.98. The van der Waals surface area contributed by atoms with Crippen LogP contribution in [0.15, 0.2) is 24.3 Å². The van der Waals surface area contributed by atoms with Gasteiger partial charge >= 0.3 is 0 Å². The molecule has 1 radical (unpaired) electrons. The number of methoxy groups -OCH3 is 1. The summed E-state index contributed by atoms with van der Waals surface area (Å²) in [6.07, 6.45) is 0. The zero-order valence-corrected chi connectivity index (χ0v) is 7.71. The molecule has 1 aromatic carbocycles. The topological polar surface area (TPSA) is 52.8 Å². The second-order valence-electron chi connectivity index (χ2n) is 2.71. The van der Waals surface area contributed by atoms with E-state index in [1.807, 2.05) is 24.3 Å². The van der Waals surface area contributed by atoms with E-state index in [0.717, 1.165) is 11.3 Å². The molecule has 0 saturated carbocycles. The molecule has 5 nitrogen and oxygen atoms in total. The summed E-state index contributed by atoms with van der Waals surface area (Å²) in [7, 11) is 5.13. The number of benzene rings is 1. The molecule has 2 rings (SSSR count). The Morgan fingerprint density at radius 3 is 2.50 bits per heavy atom. The lowest BCUT2D eigenvalue weighted by molar-refractivity contribution is 0.415. The van der Waals surface area contributed by atoms with E-state index in [9.17, 15) is 0 Å². The highest BCUT2D eigenvalue weighted by Crippen LogP contribution is 2.17. The number of aromatic nitrogens is 4. The third-order valence-corrected chi connectivity index (χ3v) is 1.80. The maximum Gasteiger partial charge on any atom is 0.204 e. The van der Waals surface area contributed by atoms with Crippen LogP contribution in [0.4, 0.5) is 0 Å². The monoisotopic (exact) mass is 189 g/mol. The lowest BCUT2D eigenvalue weighted by atomic mass is 10.2. The van der Waals surface area contributed by atoms with Gasteiger partial charge in [-0.15, -0.1) is 10.2 Å². The van der Waals surface area contributed by atoms with E-state index in [1.54, 1.807) is 7.11 Å². The molecular weight excluding hydrogens is 180 g/mol. The lowest BCUT2D eigenvalue weighted by Crippen LogP contribution is -1.89. The van der Waals surface area contributed by atoms with Gasteiger partial charge in [-0.25, -0.2) is 0 Å². The Balaban J connectivity index is 2.33. The normalized spacial score (nSPS) is 10.1. The summed E-state index contributed by atoms with van der Waals surface area (Å²) in [5, 5.41) is 11.5. The first-order chi connectivity index (χ1) is 6.79. The smallest absolute Gasteiger partial charge is 0.204 e. The van der Waals surface area contributed by atoms with Crippen LogP contribution in [0, 0.1) is 7.05 Å². The van der Waals surface area contributed by atoms with E-state index < -0.39 is 0 Å². The van der Waals surface area contributed by atoms with E-state index >= 15 is 0 Å². The van der Waals surface area contributed by atoms with Gasteiger partial charge in [-0.05, 0) is 29.5 Å². The summed E-state index contributed by atoms with van der Waals surface area (Å²) >= 11 is 0. The van der Waals surface area contributed by atoms with Crippen LogP contribution in [0.2, 0.25) is 0 Å². The van der Waals surface area contributed by atoms with Gasteiger partial charge in [-0.2, -0.15) is 4.80 Å². The van der Waals surface area contributed by atoms with Gasteiger partial charge in [-0.3, -0.25) is 0 Å². The van der Waals surface area contributed by atoms with Gasteiger partial charge in [0.25, 0.3) is 0 Å². The van der Waals surface area contributed by atoms with Crippen molar-refractivity contribution in [2.75, 3.05) is 7.11 Å². The Bertz CT molecular complexity index is 421. The Morgan fingerprint density at radius 1 is 1.29 bits per heavy atom. The fraction of sp³-hybridized carbons (Fsp3) is 0.111. The van der Waals surface area contributed by atoms with Gasteiger partial charge in [-0.1, -0.05) is 0 Å². The molecule has 0 bridgehead atoms. The Hall–Kier alpha value is -1.91. The van der Waals surface area contributed by atoms with E-state index in [2.05, 4.69) is 22.5 Å². The van der Waals surface area contributed by atoms with Gasteiger partial charge < -0.3 is 4.74 Å². The molecular formula is C9H9N4O. The number of tetrazole rings is 1. The summed E-state index contributed by atoms with van der Waals surface area (Å²) in [6, 6.07) is 7.43. The van der Waals surface area contributed by atoms with Crippen molar-refractivity contribution >= 4 is 0 Å². The van der Waals surface area contributed by atoms with Crippen LogP contribution in [-0.2, 0) is 0 Å². The molecule has 1 aromatic heterocycles. The Labute approximate surface area is 81.3 Å². The van der Waals surface area contributed by atoms with Crippen molar-refractivity contribution in [3.8, 4) is 17.1 Å². The molecule has 0 N–H and O–H groups in total. The maximum absolute atomic E-state index is 5.04. The molecule has 5 heteroatoms. The fourth-order valence-corrected chi connectivity index (χ4v) is 1.10. The minimum atomic E-state index is 0.558. The van der Waals surface area contributed by atoms with Gasteiger partial charge in [0, 0.05) is 5.56 Å². The first-order valence-electron chi connectivity index (χ1n) is 4.05. The van der Waals surface area contributed by atoms with E-state index in [0.29, 0.717) is 5.82 Å². The molecule has 0 aliphatic rings. The number of nitrogens with zero attached hydrogens (tertiary/aromatic N) is 4. The standard InChI is InChI=1S/C9H9N4O/c1-13-11-9(10-12-13)7-3-5-8(14-2)6-4-7/h3-6H,1H2,2H3. The van der Waals surface area contributed by atoms with Gasteiger partial charge in [0.15, 0.2) is 0 Å². The number of rotatable bonds is 2. The van der Waals surface area contributed by atoms with Crippen molar-refractivity contribution in [3.05, 3.63) is 31.3 Å². The van der Waals surface area contributed by atoms with Crippen LogP contribution in [0.25, 0.3) is 11.4 Å². The third-order valence-electron chi connectivity index (χ3n) is 1.80. The first kappa shape index (κ1) is 8.68. The van der Waals surface area contributed by atoms with E-state index in [4.69, 9.17) is 4.74 Å². The zero-order chi connectivity index (χ0) is 9.97. The van der Waals surface area contributed by atoms with Gasteiger partial charge in [0.1, 0.15) is 5.75 Å². The minimum Gasteiger partial charge on any atom is -0.497 e. The summed E-state index contributed by atoms with van der Waals surface area (Å²) in [4.78, 5) is 1.18. The highest BCUT2D eigenvalue weighted by molar-refractivity contribution is 5.55. The SMILES string of the molecule is [CH2]n1nnc(-c2ccc(OC)cc2)n1. The highest BCUT2D eigenvalue weighted by Gasteiger charge is 2.03. The predicted molar refractivity (Wildman–Crippen MR) is 50.6 cm³/mol. The highest BCUT2D eigenvalue weighted by atomic mass is 16.5. The van der Waals surface area contributed by atoms with Gasteiger partial charge in [0.2, 0.25) is 5.82 Å². The Morgan fingerprint density at radius 2 is 2.00 bits per heavy atom. The molecule has 0 aliphatic heterocycles. The van der Waals surface area contributed by atoms with Crippen molar-refractivity contribution < 1.29 is 4.74 Å². The molecule has 1 heterocycles. The maximum atomic E-state index is 5.04. The van der Waals surface area contributed by atoms with Crippen LogP contribution >= 0.6 is 0 Å². The molecule has 0 saturated heterocycles. The number of hydrogen-bond donors (Lipinski definition) is 0. The summed E-state index contributed by atoms with van der Waals surface area (Å²) < 4.78 is 5.04. The third kappa shape index (κ3) is 1.56. The van der Waals surface area contributed by atoms with Crippen molar-refractivity contribution in [3.63, 3.8) is 0 Å². The molecule has 2 aromatic rings. The number of ether oxygens (including phenoxy) is 1.